The van der Waals surface area contributed by atoms with Crippen LogP contribution in [0, 0.1) is 21.4 Å². The lowest BCUT2D eigenvalue weighted by Gasteiger charge is -1.98. The highest BCUT2D eigenvalue weighted by atomic mass is 32.1. The minimum Gasteiger partial charge on any atom is -0.258 e. The average molecular weight is 256 g/mol. The van der Waals surface area contributed by atoms with Gasteiger partial charge in [-0.2, -0.15) is 16.6 Å². The average Bonchev–Trinajstić information content (AvgIpc) is 2.89. The highest BCUT2D eigenvalue weighted by Crippen LogP contribution is 2.21. The van der Waals surface area contributed by atoms with E-state index in [0.29, 0.717) is 11.1 Å². The summed E-state index contributed by atoms with van der Waals surface area (Å²) in [6, 6.07) is 9.97. The fraction of sp³-hybridized carbons (Fsp3) is 0. The number of thiophene rings is 1. The highest BCUT2D eigenvalue weighted by molar-refractivity contribution is 7.08. The Balaban J connectivity index is 2.35. The van der Waals surface area contributed by atoms with E-state index in [1.807, 2.05) is 16.8 Å². The van der Waals surface area contributed by atoms with Crippen LogP contribution in [0.5, 0.6) is 0 Å². The molecular weight excluding hydrogens is 248 g/mol. The first kappa shape index (κ1) is 12.0. The van der Waals surface area contributed by atoms with Gasteiger partial charge in [0.05, 0.1) is 16.6 Å². The number of benzene rings is 1. The van der Waals surface area contributed by atoms with Crippen LogP contribution in [0.3, 0.4) is 0 Å². The van der Waals surface area contributed by atoms with Crippen LogP contribution in [-0.2, 0) is 0 Å². The number of non-ortho nitro benzene ring substituents is 1. The van der Waals surface area contributed by atoms with Crippen molar-refractivity contribution >= 4 is 28.7 Å². The lowest BCUT2D eigenvalue weighted by molar-refractivity contribution is -0.384. The minimum absolute atomic E-state index is 0.0200. The predicted octanol–water partition coefficient (Wildman–Crippen LogP) is 3.72. The predicted molar refractivity (Wildman–Crippen MR) is 70.9 cm³/mol. The maximum atomic E-state index is 10.5. The zero-order valence-corrected chi connectivity index (χ0v) is 10.1. The van der Waals surface area contributed by atoms with Crippen molar-refractivity contribution in [2.24, 2.45) is 0 Å². The molecule has 0 bridgehead atoms. The molecule has 1 heterocycles. The fourth-order valence-corrected chi connectivity index (χ4v) is 2.08. The molecule has 4 nitrogen and oxygen atoms in total. The van der Waals surface area contributed by atoms with E-state index >= 15 is 0 Å². The van der Waals surface area contributed by atoms with E-state index in [1.165, 1.54) is 12.1 Å². The summed E-state index contributed by atoms with van der Waals surface area (Å²) in [7, 11) is 0. The van der Waals surface area contributed by atoms with Gasteiger partial charge in [-0.05, 0) is 46.2 Å². The van der Waals surface area contributed by atoms with Crippen LogP contribution in [0.25, 0.3) is 11.6 Å². The molecule has 1 aromatic carbocycles. The van der Waals surface area contributed by atoms with Crippen LogP contribution >= 0.6 is 11.3 Å². The van der Waals surface area contributed by atoms with Crippen molar-refractivity contribution in [2.45, 2.75) is 0 Å². The topological polar surface area (TPSA) is 66.9 Å². The molecule has 0 aliphatic carbocycles. The van der Waals surface area contributed by atoms with Crippen LogP contribution in [0.2, 0.25) is 0 Å². The van der Waals surface area contributed by atoms with Gasteiger partial charge in [0.2, 0.25) is 0 Å². The van der Waals surface area contributed by atoms with Gasteiger partial charge < -0.3 is 0 Å². The maximum Gasteiger partial charge on any atom is 0.269 e. The molecule has 0 unspecified atom stereocenters. The van der Waals surface area contributed by atoms with Crippen LogP contribution in [0.1, 0.15) is 11.1 Å². The van der Waals surface area contributed by atoms with Gasteiger partial charge in [0.1, 0.15) is 0 Å². The number of nitrogens with zero attached hydrogens (tertiary/aromatic N) is 2. The molecule has 0 N–H and O–H groups in total. The quantitative estimate of drug-likeness (QED) is 0.477. The van der Waals surface area contributed by atoms with Gasteiger partial charge in [-0.15, -0.1) is 0 Å². The number of nitro groups is 1. The summed E-state index contributed by atoms with van der Waals surface area (Å²) in [5, 5.41) is 23.5. The Morgan fingerprint density at radius 3 is 2.56 bits per heavy atom. The molecule has 0 fully saturated rings. The van der Waals surface area contributed by atoms with Gasteiger partial charge in [-0.1, -0.05) is 0 Å². The first-order valence-corrected chi connectivity index (χ1v) is 6.04. The van der Waals surface area contributed by atoms with Gasteiger partial charge >= 0.3 is 0 Å². The molecular formula is C13H8N2O2S. The number of nitriles is 1. The number of rotatable bonds is 3. The van der Waals surface area contributed by atoms with Crippen LogP contribution in [0.15, 0.2) is 41.1 Å². The van der Waals surface area contributed by atoms with Gasteiger partial charge in [0, 0.05) is 12.1 Å². The van der Waals surface area contributed by atoms with Gasteiger partial charge in [-0.3, -0.25) is 10.1 Å². The Morgan fingerprint density at radius 2 is 2.06 bits per heavy atom. The van der Waals surface area contributed by atoms with Gasteiger partial charge in [0.25, 0.3) is 5.69 Å². The summed E-state index contributed by atoms with van der Waals surface area (Å²) < 4.78 is 0. The van der Waals surface area contributed by atoms with Crippen LogP contribution in [0.4, 0.5) is 5.69 Å². The molecule has 2 aromatic rings. The SMILES string of the molecule is N#C/C(=C\c1ccsc1)c1ccc([N+](=O)[O-])cc1. The number of hydrogen-bond donors (Lipinski definition) is 0. The van der Waals surface area contributed by atoms with Crippen molar-refractivity contribution in [3.8, 4) is 6.07 Å². The molecule has 0 atom stereocenters. The third-order valence-corrected chi connectivity index (χ3v) is 3.07. The lowest BCUT2D eigenvalue weighted by atomic mass is 10.0. The summed E-state index contributed by atoms with van der Waals surface area (Å²) in [4.78, 5) is 10.1. The van der Waals surface area contributed by atoms with Crippen molar-refractivity contribution in [2.75, 3.05) is 0 Å². The van der Waals surface area contributed by atoms with Crippen LogP contribution < -0.4 is 0 Å². The van der Waals surface area contributed by atoms with Gasteiger partial charge in [-0.25, -0.2) is 0 Å². The first-order chi connectivity index (χ1) is 8.70. The molecule has 0 amide bonds. The number of allylic oxidation sites excluding steroid dienone is 1. The van der Waals surface area contributed by atoms with Gasteiger partial charge in [0.15, 0.2) is 0 Å². The van der Waals surface area contributed by atoms with E-state index < -0.39 is 4.92 Å². The molecule has 88 valence electrons. The Bertz CT molecular complexity index is 622. The molecule has 0 radical (unpaired) electrons. The zero-order valence-electron chi connectivity index (χ0n) is 9.24. The largest absolute Gasteiger partial charge is 0.269 e. The zero-order chi connectivity index (χ0) is 13.0. The van der Waals surface area contributed by atoms with Crippen molar-refractivity contribution < 1.29 is 4.92 Å². The molecule has 18 heavy (non-hydrogen) atoms. The third kappa shape index (κ3) is 2.62. The number of hydrogen-bond acceptors (Lipinski definition) is 4. The van der Waals surface area contributed by atoms with Crippen molar-refractivity contribution in [1.82, 2.24) is 0 Å². The Labute approximate surface area is 108 Å². The second-order valence-electron chi connectivity index (χ2n) is 3.53. The van der Waals surface area contributed by atoms with Crippen molar-refractivity contribution in [1.29, 1.82) is 5.26 Å². The monoisotopic (exact) mass is 256 g/mol. The summed E-state index contributed by atoms with van der Waals surface area (Å²) in [6.07, 6.45) is 1.76. The second-order valence-corrected chi connectivity index (χ2v) is 4.31. The van der Waals surface area contributed by atoms with E-state index in [2.05, 4.69) is 6.07 Å². The van der Waals surface area contributed by atoms with E-state index in [-0.39, 0.29) is 5.69 Å². The minimum atomic E-state index is -0.460. The smallest absolute Gasteiger partial charge is 0.258 e. The van der Waals surface area contributed by atoms with E-state index in [0.717, 1.165) is 5.56 Å². The van der Waals surface area contributed by atoms with E-state index in [1.54, 1.807) is 29.5 Å². The number of nitro benzene ring substituents is 1. The van der Waals surface area contributed by atoms with E-state index in [9.17, 15) is 10.1 Å². The van der Waals surface area contributed by atoms with Crippen molar-refractivity contribution in [3.63, 3.8) is 0 Å². The Morgan fingerprint density at radius 1 is 1.33 bits per heavy atom. The molecule has 0 saturated carbocycles. The molecule has 2 rings (SSSR count). The maximum absolute atomic E-state index is 10.5. The fourth-order valence-electron chi connectivity index (χ4n) is 1.47. The molecule has 0 aliphatic heterocycles. The first-order valence-electron chi connectivity index (χ1n) is 5.09. The molecule has 0 saturated heterocycles. The molecule has 0 aliphatic rings. The normalized spacial score (nSPS) is 10.9. The van der Waals surface area contributed by atoms with Crippen LogP contribution in [-0.4, -0.2) is 4.92 Å². The summed E-state index contributed by atoms with van der Waals surface area (Å²) in [6.45, 7) is 0. The van der Waals surface area contributed by atoms with Crippen molar-refractivity contribution in [3.05, 3.63) is 62.3 Å². The lowest BCUT2D eigenvalue weighted by Crippen LogP contribution is -1.88. The molecule has 0 spiro atoms. The van der Waals surface area contributed by atoms with E-state index in [4.69, 9.17) is 5.26 Å². The highest BCUT2D eigenvalue weighted by Gasteiger charge is 2.06. The second kappa shape index (κ2) is 5.25. The standard InChI is InChI=1S/C13H8N2O2S/c14-8-12(7-10-5-6-18-9-10)11-1-3-13(4-2-11)15(16)17/h1-7,9H/b12-7+. The third-order valence-electron chi connectivity index (χ3n) is 2.36. The summed E-state index contributed by atoms with van der Waals surface area (Å²) >= 11 is 1.55. The molecule has 1 aromatic heterocycles. The Hall–Kier alpha value is -2.45. The summed E-state index contributed by atoms with van der Waals surface area (Å²) in [5.74, 6) is 0. The Kier molecular flexibility index (Phi) is 3.51. The summed E-state index contributed by atoms with van der Waals surface area (Å²) in [5.41, 5.74) is 2.14. The molecule has 5 heteroatoms.